The lowest BCUT2D eigenvalue weighted by atomic mass is 9.99. The molecule has 0 spiro atoms. The van der Waals surface area contributed by atoms with Crippen LogP contribution in [0.15, 0.2) is 11.4 Å². The van der Waals surface area contributed by atoms with Crippen LogP contribution >= 0.6 is 22.9 Å². The van der Waals surface area contributed by atoms with Crippen LogP contribution in [0.3, 0.4) is 0 Å². The molecule has 90 valence electrons. The Morgan fingerprint density at radius 1 is 1.35 bits per heavy atom. The highest BCUT2D eigenvalue weighted by molar-refractivity contribution is 7.16. The lowest BCUT2D eigenvalue weighted by molar-refractivity contribution is 0.437. The predicted molar refractivity (Wildman–Crippen MR) is 73.0 cm³/mol. The molecule has 0 bridgehead atoms. The van der Waals surface area contributed by atoms with Gasteiger partial charge in [0.15, 0.2) is 0 Å². The van der Waals surface area contributed by atoms with Gasteiger partial charge in [-0.3, -0.25) is 0 Å². The van der Waals surface area contributed by atoms with Crippen LogP contribution in [0.25, 0.3) is 10.2 Å². The zero-order chi connectivity index (χ0) is 11.8. The molecule has 1 fully saturated rings. The van der Waals surface area contributed by atoms with E-state index in [-0.39, 0.29) is 0 Å². The van der Waals surface area contributed by atoms with Crippen molar-refractivity contribution in [3.8, 4) is 0 Å². The summed E-state index contributed by atoms with van der Waals surface area (Å²) in [5, 5.41) is 3.54. The first-order valence-corrected chi connectivity index (χ1v) is 7.15. The number of aromatic nitrogens is 2. The molecule has 0 amide bonds. The Morgan fingerprint density at radius 3 is 2.88 bits per heavy atom. The summed E-state index contributed by atoms with van der Waals surface area (Å²) < 4.78 is 0. The summed E-state index contributed by atoms with van der Waals surface area (Å²) in [4.78, 5) is 12.0. The van der Waals surface area contributed by atoms with E-state index in [4.69, 9.17) is 11.6 Å². The largest absolute Gasteiger partial charge is 0.356 e. The lowest BCUT2D eigenvalue weighted by Gasteiger charge is -2.31. The van der Waals surface area contributed by atoms with Crippen LogP contribution in [0.5, 0.6) is 0 Å². The maximum atomic E-state index is 5.99. The van der Waals surface area contributed by atoms with Crippen LogP contribution in [0.1, 0.15) is 19.8 Å². The van der Waals surface area contributed by atoms with E-state index in [9.17, 15) is 0 Å². The Kier molecular flexibility index (Phi) is 2.92. The highest BCUT2D eigenvalue weighted by atomic mass is 35.5. The van der Waals surface area contributed by atoms with E-state index in [1.54, 1.807) is 11.3 Å². The van der Waals surface area contributed by atoms with Gasteiger partial charge in [-0.05, 0) is 41.8 Å². The number of piperidine rings is 1. The molecule has 1 aliphatic rings. The summed E-state index contributed by atoms with van der Waals surface area (Å²) in [5.74, 6) is 1.83. The van der Waals surface area contributed by atoms with E-state index in [0.717, 1.165) is 35.0 Å². The number of rotatable bonds is 1. The van der Waals surface area contributed by atoms with Crippen molar-refractivity contribution in [3.63, 3.8) is 0 Å². The van der Waals surface area contributed by atoms with E-state index in [1.807, 2.05) is 5.38 Å². The summed E-state index contributed by atoms with van der Waals surface area (Å²) in [6, 6.07) is 2.09. The average Bonchev–Trinajstić information content (AvgIpc) is 2.77. The first-order chi connectivity index (χ1) is 8.24. The molecule has 3 rings (SSSR count). The summed E-state index contributed by atoms with van der Waals surface area (Å²) in [6.07, 6.45) is 2.46. The summed E-state index contributed by atoms with van der Waals surface area (Å²) >= 11 is 7.60. The smallest absolute Gasteiger partial charge is 0.225 e. The van der Waals surface area contributed by atoms with Crippen LogP contribution in [0, 0.1) is 5.92 Å². The van der Waals surface area contributed by atoms with Gasteiger partial charge in [-0.1, -0.05) is 6.92 Å². The van der Waals surface area contributed by atoms with Crippen molar-refractivity contribution in [1.29, 1.82) is 0 Å². The molecular formula is C12H14ClN3S. The monoisotopic (exact) mass is 267 g/mol. The van der Waals surface area contributed by atoms with Crippen LogP contribution in [0.2, 0.25) is 5.28 Å². The van der Waals surface area contributed by atoms with E-state index >= 15 is 0 Å². The maximum absolute atomic E-state index is 5.99. The van der Waals surface area contributed by atoms with E-state index in [2.05, 4.69) is 27.9 Å². The maximum Gasteiger partial charge on any atom is 0.225 e. The molecular weight excluding hydrogens is 254 g/mol. The van der Waals surface area contributed by atoms with Gasteiger partial charge in [0.2, 0.25) is 5.28 Å². The Hall–Kier alpha value is -0.870. The Balaban J connectivity index is 2.01. The molecule has 0 atom stereocenters. The van der Waals surface area contributed by atoms with Gasteiger partial charge in [0.05, 0.1) is 5.39 Å². The minimum absolute atomic E-state index is 0.355. The molecule has 3 nitrogen and oxygen atoms in total. The number of halogens is 1. The fourth-order valence-electron chi connectivity index (χ4n) is 2.28. The van der Waals surface area contributed by atoms with Crippen molar-refractivity contribution in [2.75, 3.05) is 18.0 Å². The highest BCUT2D eigenvalue weighted by Crippen LogP contribution is 2.31. The van der Waals surface area contributed by atoms with Gasteiger partial charge in [0, 0.05) is 13.1 Å². The van der Waals surface area contributed by atoms with Crippen LogP contribution in [-0.4, -0.2) is 23.1 Å². The topological polar surface area (TPSA) is 29.0 Å². The second-order valence-electron chi connectivity index (χ2n) is 4.63. The predicted octanol–water partition coefficient (Wildman–Crippen LogP) is 3.58. The van der Waals surface area contributed by atoms with Gasteiger partial charge < -0.3 is 4.90 Å². The minimum Gasteiger partial charge on any atom is -0.356 e. The third-order valence-corrected chi connectivity index (χ3v) is 4.34. The van der Waals surface area contributed by atoms with Crippen molar-refractivity contribution in [1.82, 2.24) is 9.97 Å². The number of thiophene rings is 1. The van der Waals surface area contributed by atoms with E-state index in [0.29, 0.717) is 5.28 Å². The third-order valence-electron chi connectivity index (χ3n) is 3.36. The molecule has 0 aliphatic carbocycles. The fraction of sp³-hybridized carbons (Fsp3) is 0.500. The van der Waals surface area contributed by atoms with Gasteiger partial charge in [-0.15, -0.1) is 11.3 Å². The van der Waals surface area contributed by atoms with E-state index < -0.39 is 0 Å². The average molecular weight is 268 g/mol. The first-order valence-electron chi connectivity index (χ1n) is 5.90. The molecule has 3 heterocycles. The second kappa shape index (κ2) is 4.42. The normalized spacial score (nSPS) is 17.9. The van der Waals surface area contributed by atoms with Crippen molar-refractivity contribution >= 4 is 39.0 Å². The van der Waals surface area contributed by atoms with Crippen molar-refractivity contribution in [2.45, 2.75) is 19.8 Å². The van der Waals surface area contributed by atoms with Crippen LogP contribution in [-0.2, 0) is 0 Å². The molecule has 5 heteroatoms. The zero-order valence-corrected chi connectivity index (χ0v) is 11.3. The quantitative estimate of drug-likeness (QED) is 0.740. The molecule has 1 saturated heterocycles. The molecule has 0 N–H and O–H groups in total. The van der Waals surface area contributed by atoms with Crippen molar-refractivity contribution in [2.24, 2.45) is 5.92 Å². The van der Waals surface area contributed by atoms with Gasteiger partial charge in [-0.25, -0.2) is 4.98 Å². The summed E-state index contributed by atoms with van der Waals surface area (Å²) in [6.45, 7) is 4.45. The lowest BCUT2D eigenvalue weighted by Crippen LogP contribution is -2.33. The van der Waals surface area contributed by atoms with Gasteiger partial charge in [0.1, 0.15) is 10.6 Å². The highest BCUT2D eigenvalue weighted by Gasteiger charge is 2.20. The number of anilines is 1. The third kappa shape index (κ3) is 2.11. The number of fused-ring (bicyclic) bond motifs is 1. The number of nitrogens with zero attached hydrogens (tertiary/aromatic N) is 3. The summed E-state index contributed by atoms with van der Waals surface area (Å²) in [5.41, 5.74) is 0. The second-order valence-corrected chi connectivity index (χ2v) is 5.86. The molecule has 2 aromatic rings. The van der Waals surface area contributed by atoms with Crippen molar-refractivity contribution < 1.29 is 0 Å². The Bertz CT molecular complexity index is 532. The van der Waals surface area contributed by atoms with Crippen LogP contribution in [0.4, 0.5) is 5.82 Å². The van der Waals surface area contributed by atoms with Gasteiger partial charge in [-0.2, -0.15) is 4.98 Å². The molecule has 1 aliphatic heterocycles. The standard InChI is InChI=1S/C12H14ClN3S/c1-8-2-5-16(6-3-8)10-9-4-7-17-11(9)15-12(13)14-10/h4,7-8H,2-3,5-6H2,1H3. The fourth-order valence-corrected chi connectivity index (χ4v) is 3.25. The van der Waals surface area contributed by atoms with E-state index in [1.165, 1.54) is 12.8 Å². The molecule has 0 radical (unpaired) electrons. The zero-order valence-electron chi connectivity index (χ0n) is 9.69. The van der Waals surface area contributed by atoms with Gasteiger partial charge in [0.25, 0.3) is 0 Å². The number of hydrogen-bond donors (Lipinski definition) is 0. The minimum atomic E-state index is 0.355. The SMILES string of the molecule is CC1CCN(c2nc(Cl)nc3sccc23)CC1. The Labute approximate surface area is 109 Å². The molecule has 0 saturated carbocycles. The van der Waals surface area contributed by atoms with Crippen LogP contribution < -0.4 is 4.90 Å². The molecule has 17 heavy (non-hydrogen) atoms. The Morgan fingerprint density at radius 2 is 2.12 bits per heavy atom. The first kappa shape index (κ1) is 11.2. The summed E-state index contributed by atoms with van der Waals surface area (Å²) in [7, 11) is 0. The van der Waals surface area contributed by atoms with Crippen molar-refractivity contribution in [3.05, 3.63) is 16.7 Å². The molecule has 0 aromatic carbocycles. The number of hydrogen-bond acceptors (Lipinski definition) is 4. The molecule has 2 aromatic heterocycles. The molecule has 0 unspecified atom stereocenters. The van der Waals surface area contributed by atoms with Gasteiger partial charge >= 0.3 is 0 Å².